The van der Waals surface area contributed by atoms with Gasteiger partial charge in [0.2, 0.25) is 5.91 Å². The lowest BCUT2D eigenvalue weighted by Gasteiger charge is -2.22. The predicted octanol–water partition coefficient (Wildman–Crippen LogP) is 2.98. The highest BCUT2D eigenvalue weighted by Crippen LogP contribution is 2.30. The second-order valence-corrected chi connectivity index (χ2v) is 7.90. The minimum absolute atomic E-state index is 0.306. The predicted molar refractivity (Wildman–Crippen MR) is 108 cm³/mol. The highest BCUT2D eigenvalue weighted by atomic mass is 32.1. The van der Waals surface area contributed by atoms with Crippen molar-refractivity contribution in [1.29, 1.82) is 0 Å². The Hall–Kier alpha value is -3.19. The molecule has 1 saturated heterocycles. The van der Waals surface area contributed by atoms with Gasteiger partial charge in [0, 0.05) is 4.88 Å². The van der Waals surface area contributed by atoms with Gasteiger partial charge in [-0.15, -0.1) is 11.3 Å². The Morgan fingerprint density at radius 1 is 1.11 bits per heavy atom. The van der Waals surface area contributed by atoms with E-state index in [0.29, 0.717) is 12.1 Å². The van der Waals surface area contributed by atoms with Crippen molar-refractivity contribution >= 4 is 40.0 Å². The molecule has 1 fully saturated rings. The first-order chi connectivity index (χ1) is 13.5. The Kier molecular flexibility index (Phi) is 4.60. The summed E-state index contributed by atoms with van der Waals surface area (Å²) < 4.78 is 0. The van der Waals surface area contributed by atoms with E-state index >= 15 is 0 Å². The van der Waals surface area contributed by atoms with E-state index in [1.807, 2.05) is 60.0 Å². The molecule has 1 aliphatic rings. The molecule has 2 N–H and O–H groups in total. The third-order valence-corrected chi connectivity index (χ3v) is 5.82. The Morgan fingerprint density at radius 2 is 1.89 bits per heavy atom. The number of imide groups is 1. The number of hydrogen-bond donors (Lipinski definition) is 2. The van der Waals surface area contributed by atoms with Crippen molar-refractivity contribution in [2.75, 3.05) is 6.54 Å². The van der Waals surface area contributed by atoms with Crippen LogP contribution in [0.2, 0.25) is 0 Å². The molecule has 0 aliphatic carbocycles. The van der Waals surface area contributed by atoms with Crippen LogP contribution in [0.4, 0.5) is 4.79 Å². The van der Waals surface area contributed by atoms with Gasteiger partial charge < -0.3 is 10.6 Å². The molecule has 0 spiro atoms. The zero-order chi connectivity index (χ0) is 19.7. The lowest BCUT2D eigenvalue weighted by Crippen LogP contribution is -2.43. The molecule has 0 unspecified atom stereocenters. The molecule has 6 nitrogen and oxygen atoms in total. The molecule has 0 bridgehead atoms. The van der Waals surface area contributed by atoms with Gasteiger partial charge in [-0.05, 0) is 40.8 Å². The third-order valence-electron chi connectivity index (χ3n) is 4.94. The fourth-order valence-corrected chi connectivity index (χ4v) is 3.98. The Morgan fingerprint density at radius 3 is 2.64 bits per heavy atom. The number of amides is 4. The first kappa shape index (κ1) is 18.2. The SMILES string of the molecule is C[C@@]1(c2ccc3ccccc3c2)NC(=O)N(CC(=O)NCc2cccs2)C1=O. The van der Waals surface area contributed by atoms with Gasteiger partial charge in [0.1, 0.15) is 12.1 Å². The lowest BCUT2D eigenvalue weighted by molar-refractivity contribution is -0.134. The minimum atomic E-state index is -1.20. The maximum atomic E-state index is 13.0. The fourth-order valence-electron chi connectivity index (χ4n) is 3.33. The zero-order valence-corrected chi connectivity index (χ0v) is 16.1. The Labute approximate surface area is 166 Å². The number of fused-ring (bicyclic) bond motifs is 1. The second kappa shape index (κ2) is 7.09. The molecule has 7 heteroatoms. The zero-order valence-electron chi connectivity index (χ0n) is 15.3. The number of carbonyl (C=O) groups excluding carboxylic acids is 3. The van der Waals surface area contributed by atoms with Gasteiger partial charge in [0.05, 0.1) is 6.54 Å². The van der Waals surface area contributed by atoms with Crippen LogP contribution in [0.3, 0.4) is 0 Å². The normalized spacial score (nSPS) is 19.1. The van der Waals surface area contributed by atoms with Crippen LogP contribution in [-0.2, 0) is 21.7 Å². The first-order valence-corrected chi connectivity index (χ1v) is 9.78. The number of thiophene rings is 1. The van der Waals surface area contributed by atoms with Gasteiger partial charge in [-0.3, -0.25) is 14.5 Å². The molecule has 2 aromatic carbocycles. The molecule has 0 saturated carbocycles. The summed E-state index contributed by atoms with van der Waals surface area (Å²) in [6.45, 7) is 1.74. The van der Waals surface area contributed by atoms with Gasteiger partial charge in [-0.1, -0.05) is 42.5 Å². The van der Waals surface area contributed by atoms with E-state index in [9.17, 15) is 14.4 Å². The number of nitrogens with one attached hydrogen (secondary N) is 2. The number of nitrogens with zero attached hydrogens (tertiary/aromatic N) is 1. The van der Waals surface area contributed by atoms with Crippen LogP contribution >= 0.6 is 11.3 Å². The number of benzene rings is 2. The smallest absolute Gasteiger partial charge is 0.325 e. The summed E-state index contributed by atoms with van der Waals surface area (Å²) >= 11 is 1.53. The maximum absolute atomic E-state index is 13.0. The maximum Gasteiger partial charge on any atom is 0.325 e. The average Bonchev–Trinajstić information content (AvgIpc) is 3.29. The minimum Gasteiger partial charge on any atom is -0.350 e. The highest BCUT2D eigenvalue weighted by molar-refractivity contribution is 7.09. The number of hydrogen-bond acceptors (Lipinski definition) is 4. The lowest BCUT2D eigenvalue weighted by atomic mass is 9.90. The van der Waals surface area contributed by atoms with Crippen molar-refractivity contribution in [3.8, 4) is 0 Å². The van der Waals surface area contributed by atoms with Gasteiger partial charge >= 0.3 is 6.03 Å². The molecular formula is C21H19N3O3S. The van der Waals surface area contributed by atoms with Crippen LogP contribution in [0, 0.1) is 0 Å². The number of urea groups is 1. The van der Waals surface area contributed by atoms with E-state index in [0.717, 1.165) is 20.5 Å². The van der Waals surface area contributed by atoms with Crippen molar-refractivity contribution in [2.24, 2.45) is 0 Å². The van der Waals surface area contributed by atoms with Gasteiger partial charge in [-0.2, -0.15) is 0 Å². The molecule has 1 atom stereocenters. The molecule has 28 heavy (non-hydrogen) atoms. The van der Waals surface area contributed by atoms with Crippen LogP contribution in [-0.4, -0.2) is 29.3 Å². The third kappa shape index (κ3) is 3.25. The molecular weight excluding hydrogens is 374 g/mol. The van der Waals surface area contributed by atoms with E-state index in [1.165, 1.54) is 11.3 Å². The molecule has 4 amide bonds. The van der Waals surface area contributed by atoms with Crippen molar-refractivity contribution < 1.29 is 14.4 Å². The van der Waals surface area contributed by atoms with Gasteiger partial charge in [-0.25, -0.2) is 4.79 Å². The molecule has 4 rings (SSSR count). The van der Waals surface area contributed by atoms with Crippen LogP contribution in [0.1, 0.15) is 17.4 Å². The van der Waals surface area contributed by atoms with Crippen molar-refractivity contribution in [3.63, 3.8) is 0 Å². The van der Waals surface area contributed by atoms with E-state index < -0.39 is 17.5 Å². The topological polar surface area (TPSA) is 78.5 Å². The van der Waals surface area contributed by atoms with Crippen molar-refractivity contribution in [3.05, 3.63) is 70.4 Å². The van der Waals surface area contributed by atoms with Crippen LogP contribution in [0.15, 0.2) is 60.0 Å². The first-order valence-electron chi connectivity index (χ1n) is 8.90. The monoisotopic (exact) mass is 393 g/mol. The van der Waals surface area contributed by atoms with E-state index in [4.69, 9.17) is 0 Å². The standard InChI is InChI=1S/C21H19N3O3S/c1-21(16-9-8-14-5-2-3-6-15(14)11-16)19(26)24(20(27)23-21)13-18(25)22-12-17-7-4-10-28-17/h2-11H,12-13H2,1H3,(H,22,25)(H,23,27)/t21-/m0/s1. The largest absolute Gasteiger partial charge is 0.350 e. The summed E-state index contributed by atoms with van der Waals surface area (Å²) in [4.78, 5) is 39.6. The van der Waals surface area contributed by atoms with Crippen LogP contribution in [0.25, 0.3) is 10.8 Å². The Balaban J connectivity index is 1.51. The molecule has 0 radical (unpaired) electrons. The van der Waals surface area contributed by atoms with Gasteiger partial charge in [0.15, 0.2) is 0 Å². The van der Waals surface area contributed by atoms with E-state index in [-0.39, 0.29) is 12.5 Å². The summed E-state index contributed by atoms with van der Waals surface area (Å²) in [7, 11) is 0. The average molecular weight is 393 g/mol. The van der Waals surface area contributed by atoms with E-state index in [1.54, 1.807) is 6.92 Å². The van der Waals surface area contributed by atoms with Crippen molar-refractivity contribution in [2.45, 2.75) is 19.0 Å². The summed E-state index contributed by atoms with van der Waals surface area (Å²) in [5.74, 6) is -0.807. The molecule has 1 aromatic heterocycles. The summed E-state index contributed by atoms with van der Waals surface area (Å²) in [5, 5.41) is 9.45. The number of carbonyl (C=O) groups is 3. The molecule has 2 heterocycles. The quantitative estimate of drug-likeness (QED) is 0.654. The summed E-state index contributed by atoms with van der Waals surface area (Å²) in [6, 6.07) is 16.7. The van der Waals surface area contributed by atoms with Crippen molar-refractivity contribution in [1.82, 2.24) is 15.5 Å². The fraction of sp³-hybridized carbons (Fsp3) is 0.190. The van der Waals surface area contributed by atoms with Crippen LogP contribution in [0.5, 0.6) is 0 Å². The van der Waals surface area contributed by atoms with Gasteiger partial charge in [0.25, 0.3) is 5.91 Å². The Bertz CT molecular complexity index is 1060. The molecule has 3 aromatic rings. The second-order valence-electron chi connectivity index (χ2n) is 6.86. The van der Waals surface area contributed by atoms with Crippen LogP contribution < -0.4 is 10.6 Å². The molecule has 1 aliphatic heterocycles. The summed E-state index contributed by atoms with van der Waals surface area (Å²) in [5.41, 5.74) is -0.513. The summed E-state index contributed by atoms with van der Waals surface area (Å²) in [6.07, 6.45) is 0. The number of rotatable bonds is 5. The van der Waals surface area contributed by atoms with E-state index in [2.05, 4.69) is 10.6 Å². The highest BCUT2D eigenvalue weighted by Gasteiger charge is 2.49. The molecule has 142 valence electrons.